The lowest BCUT2D eigenvalue weighted by Crippen LogP contribution is -2.23. The molecule has 0 aliphatic rings. The van der Waals surface area contributed by atoms with Gasteiger partial charge in [0.2, 0.25) is 6.29 Å². The number of ether oxygens (including phenoxy) is 2. The molecule has 0 N–H and O–H groups in total. The molecule has 1 atom stereocenters. The third-order valence-electron chi connectivity index (χ3n) is 1.06. The van der Waals surface area contributed by atoms with Gasteiger partial charge in [0.25, 0.3) is 0 Å². The van der Waals surface area contributed by atoms with Gasteiger partial charge in [-0.1, -0.05) is 13.8 Å². The summed E-state index contributed by atoms with van der Waals surface area (Å²) in [5.74, 6) is -0.102. The molecule has 0 radical (unpaired) electrons. The lowest BCUT2D eigenvalue weighted by molar-refractivity contribution is -0.179. The van der Waals surface area contributed by atoms with Crippen LogP contribution in [0.3, 0.4) is 0 Å². The number of methoxy groups -OCH3 is 1. The van der Waals surface area contributed by atoms with Crippen LogP contribution >= 0.6 is 0 Å². The average Bonchev–Trinajstić information content (AvgIpc) is 1.81. The highest BCUT2D eigenvalue weighted by atomic mass is 16.7. The molecule has 0 rings (SSSR count). The van der Waals surface area contributed by atoms with Crippen molar-refractivity contribution >= 4 is 5.97 Å². The molecule has 0 saturated heterocycles. The van der Waals surface area contributed by atoms with Crippen LogP contribution in [-0.4, -0.2) is 19.4 Å². The Morgan fingerprint density at radius 1 is 1.40 bits per heavy atom. The Labute approximate surface area is 61.3 Å². The van der Waals surface area contributed by atoms with Crippen molar-refractivity contribution in [3.8, 4) is 0 Å². The lowest BCUT2D eigenvalue weighted by Gasteiger charge is -2.17. The van der Waals surface area contributed by atoms with Gasteiger partial charge in [-0.2, -0.15) is 0 Å². The first-order valence-corrected chi connectivity index (χ1v) is 3.28. The molecule has 0 aliphatic heterocycles. The Morgan fingerprint density at radius 3 is 2.00 bits per heavy atom. The van der Waals surface area contributed by atoms with Gasteiger partial charge in [0.15, 0.2) is 0 Å². The first-order valence-electron chi connectivity index (χ1n) is 3.28. The first-order chi connectivity index (χ1) is 4.57. The van der Waals surface area contributed by atoms with E-state index in [2.05, 4.69) is 0 Å². The summed E-state index contributed by atoms with van der Waals surface area (Å²) in [6, 6.07) is 0. The van der Waals surface area contributed by atoms with Crippen molar-refractivity contribution in [3.05, 3.63) is 0 Å². The van der Waals surface area contributed by atoms with Crippen LogP contribution in [0.15, 0.2) is 0 Å². The molecular formula is C7H14O3. The summed E-state index contributed by atoms with van der Waals surface area (Å²) in [6.07, 6.45) is -0.405. The molecule has 0 amide bonds. The van der Waals surface area contributed by atoms with Gasteiger partial charge in [0.05, 0.1) is 0 Å². The molecule has 10 heavy (non-hydrogen) atoms. The van der Waals surface area contributed by atoms with Gasteiger partial charge in [0, 0.05) is 20.0 Å². The van der Waals surface area contributed by atoms with E-state index >= 15 is 0 Å². The normalized spacial score (nSPS) is 13.3. The zero-order chi connectivity index (χ0) is 8.15. The van der Waals surface area contributed by atoms with Crippen molar-refractivity contribution in [1.82, 2.24) is 0 Å². The molecule has 0 heterocycles. The third-order valence-corrected chi connectivity index (χ3v) is 1.06. The van der Waals surface area contributed by atoms with E-state index in [9.17, 15) is 4.79 Å². The highest BCUT2D eigenvalue weighted by Crippen LogP contribution is 2.06. The minimum atomic E-state index is -0.405. The van der Waals surface area contributed by atoms with E-state index in [1.54, 1.807) is 0 Å². The smallest absolute Gasteiger partial charge is 0.304 e. The summed E-state index contributed by atoms with van der Waals surface area (Å²) in [5, 5.41) is 0. The summed E-state index contributed by atoms with van der Waals surface area (Å²) < 4.78 is 9.68. The van der Waals surface area contributed by atoms with Crippen molar-refractivity contribution < 1.29 is 14.3 Å². The minimum Gasteiger partial charge on any atom is -0.436 e. The number of carbonyl (C=O) groups excluding carboxylic acids is 1. The molecule has 0 aliphatic carbocycles. The van der Waals surface area contributed by atoms with Crippen molar-refractivity contribution in [1.29, 1.82) is 0 Å². The quantitative estimate of drug-likeness (QED) is 0.443. The molecular weight excluding hydrogens is 132 g/mol. The van der Waals surface area contributed by atoms with Crippen LogP contribution in [0, 0.1) is 5.92 Å². The van der Waals surface area contributed by atoms with Crippen LogP contribution in [0.4, 0.5) is 0 Å². The molecule has 0 aromatic heterocycles. The zero-order valence-electron chi connectivity index (χ0n) is 6.88. The number of carbonyl (C=O) groups is 1. The number of rotatable bonds is 3. The van der Waals surface area contributed by atoms with Crippen LogP contribution in [0.1, 0.15) is 20.8 Å². The molecule has 0 fully saturated rings. The molecule has 1 unspecified atom stereocenters. The topological polar surface area (TPSA) is 35.5 Å². The number of esters is 1. The summed E-state index contributed by atoms with van der Waals surface area (Å²) in [4.78, 5) is 10.4. The maximum absolute atomic E-state index is 10.4. The fraction of sp³-hybridized carbons (Fsp3) is 0.857. The van der Waals surface area contributed by atoms with Gasteiger partial charge >= 0.3 is 5.97 Å². The second-order valence-corrected chi connectivity index (χ2v) is 2.46. The number of hydrogen-bond acceptors (Lipinski definition) is 3. The monoisotopic (exact) mass is 146 g/mol. The summed E-state index contributed by atoms with van der Waals surface area (Å²) in [6.45, 7) is 5.22. The van der Waals surface area contributed by atoms with Crippen LogP contribution in [0.25, 0.3) is 0 Å². The maximum atomic E-state index is 10.4. The molecule has 0 spiro atoms. The fourth-order valence-electron chi connectivity index (χ4n) is 0.620. The van der Waals surface area contributed by atoms with E-state index in [-0.39, 0.29) is 11.9 Å². The molecule has 3 nitrogen and oxygen atoms in total. The Kier molecular flexibility index (Phi) is 4.03. The summed E-state index contributed by atoms with van der Waals surface area (Å²) >= 11 is 0. The summed E-state index contributed by atoms with van der Waals surface area (Å²) in [7, 11) is 1.52. The summed E-state index contributed by atoms with van der Waals surface area (Å²) in [5.41, 5.74) is 0. The van der Waals surface area contributed by atoms with E-state index < -0.39 is 6.29 Å². The Morgan fingerprint density at radius 2 is 1.90 bits per heavy atom. The zero-order valence-corrected chi connectivity index (χ0v) is 6.88. The SMILES string of the molecule is COC(OC(C)=O)C(C)C. The first kappa shape index (κ1) is 9.43. The van der Waals surface area contributed by atoms with E-state index in [1.807, 2.05) is 13.8 Å². The van der Waals surface area contributed by atoms with Crippen LogP contribution in [-0.2, 0) is 14.3 Å². The predicted octanol–water partition coefficient (Wildman–Crippen LogP) is 1.18. The molecule has 3 heteroatoms. The standard InChI is InChI=1S/C7H14O3/c1-5(2)7(9-4)10-6(3)8/h5,7H,1-4H3. The van der Waals surface area contributed by atoms with E-state index in [1.165, 1.54) is 14.0 Å². The van der Waals surface area contributed by atoms with Gasteiger partial charge in [-0.15, -0.1) is 0 Å². The third kappa shape index (κ3) is 3.45. The Balaban J connectivity index is 3.71. The highest BCUT2D eigenvalue weighted by Gasteiger charge is 2.14. The minimum absolute atomic E-state index is 0.203. The fourth-order valence-corrected chi connectivity index (χ4v) is 0.620. The highest BCUT2D eigenvalue weighted by molar-refractivity contribution is 5.66. The van der Waals surface area contributed by atoms with Gasteiger partial charge in [-0.05, 0) is 0 Å². The average molecular weight is 146 g/mol. The molecule has 0 bridgehead atoms. The lowest BCUT2D eigenvalue weighted by atomic mass is 10.2. The number of hydrogen-bond donors (Lipinski definition) is 0. The van der Waals surface area contributed by atoms with Crippen molar-refractivity contribution in [3.63, 3.8) is 0 Å². The van der Waals surface area contributed by atoms with Gasteiger partial charge < -0.3 is 9.47 Å². The largest absolute Gasteiger partial charge is 0.436 e. The van der Waals surface area contributed by atoms with Crippen LogP contribution in [0.2, 0.25) is 0 Å². The van der Waals surface area contributed by atoms with Gasteiger partial charge in [0.1, 0.15) is 0 Å². The Hall–Kier alpha value is -0.570. The maximum Gasteiger partial charge on any atom is 0.304 e. The molecule has 0 aromatic carbocycles. The van der Waals surface area contributed by atoms with E-state index in [4.69, 9.17) is 9.47 Å². The Bertz CT molecular complexity index is 109. The van der Waals surface area contributed by atoms with E-state index in [0.29, 0.717) is 0 Å². The van der Waals surface area contributed by atoms with Crippen molar-refractivity contribution in [2.75, 3.05) is 7.11 Å². The van der Waals surface area contributed by atoms with Crippen molar-refractivity contribution in [2.45, 2.75) is 27.1 Å². The molecule has 0 aromatic rings. The molecule has 60 valence electrons. The second-order valence-electron chi connectivity index (χ2n) is 2.46. The predicted molar refractivity (Wildman–Crippen MR) is 37.4 cm³/mol. The van der Waals surface area contributed by atoms with Gasteiger partial charge in [-0.25, -0.2) is 0 Å². The van der Waals surface area contributed by atoms with Gasteiger partial charge in [-0.3, -0.25) is 4.79 Å². The second kappa shape index (κ2) is 4.28. The van der Waals surface area contributed by atoms with Crippen LogP contribution in [0.5, 0.6) is 0 Å². The molecule has 0 saturated carbocycles. The van der Waals surface area contributed by atoms with E-state index in [0.717, 1.165) is 0 Å². The van der Waals surface area contributed by atoms with Crippen LogP contribution < -0.4 is 0 Å². The van der Waals surface area contributed by atoms with Crippen molar-refractivity contribution in [2.24, 2.45) is 5.92 Å².